The van der Waals surface area contributed by atoms with E-state index in [0.717, 1.165) is 12.8 Å². The molecule has 0 saturated carbocycles. The van der Waals surface area contributed by atoms with Crippen molar-refractivity contribution >= 4 is 0 Å². The maximum absolute atomic E-state index is 9.19. The maximum Gasteiger partial charge on any atom is 0.118 e. The Balaban J connectivity index is 2.12. The Morgan fingerprint density at radius 3 is 2.46 bits per heavy atom. The van der Waals surface area contributed by atoms with Crippen LogP contribution in [-0.4, -0.2) is 23.4 Å². The van der Waals surface area contributed by atoms with E-state index in [9.17, 15) is 5.11 Å². The summed E-state index contributed by atoms with van der Waals surface area (Å²) in [4.78, 5) is 0. The molecule has 0 bridgehead atoms. The van der Waals surface area contributed by atoms with Gasteiger partial charge in [0.05, 0.1) is 12.7 Å². The lowest BCUT2D eigenvalue weighted by Gasteiger charge is -2.08. The summed E-state index contributed by atoms with van der Waals surface area (Å²) in [6.45, 7) is 4.54. The molecule has 13 heavy (non-hydrogen) atoms. The van der Waals surface area contributed by atoms with Gasteiger partial charge in [-0.15, -0.1) is 0 Å². The van der Waals surface area contributed by atoms with Gasteiger partial charge in [0.15, 0.2) is 0 Å². The molecule has 1 rings (SSSR count). The lowest BCUT2D eigenvalue weighted by Crippen LogP contribution is -2.20. The molecule has 1 aliphatic rings. The number of unbranched alkanes of at least 4 members (excludes halogenated alkanes) is 3. The average molecular weight is 186 g/mol. The van der Waals surface area contributed by atoms with Gasteiger partial charge in [-0.2, -0.15) is 0 Å². The van der Waals surface area contributed by atoms with Gasteiger partial charge in [0.25, 0.3) is 0 Å². The molecule has 1 fully saturated rings. The average Bonchev–Trinajstić information content (AvgIpc) is 2.87. The van der Waals surface area contributed by atoms with E-state index in [4.69, 9.17) is 4.74 Å². The topological polar surface area (TPSA) is 32.8 Å². The van der Waals surface area contributed by atoms with Gasteiger partial charge in [-0.1, -0.05) is 39.5 Å². The molecule has 1 unspecified atom stereocenters. The van der Waals surface area contributed by atoms with Crippen LogP contribution in [0.15, 0.2) is 0 Å². The Labute approximate surface area is 81.3 Å². The third kappa shape index (κ3) is 2.68. The number of aliphatic hydroxyl groups excluding tert-OH is 1. The van der Waals surface area contributed by atoms with E-state index in [1.54, 1.807) is 0 Å². The van der Waals surface area contributed by atoms with E-state index in [-0.39, 0.29) is 12.2 Å². The smallest absolute Gasteiger partial charge is 0.118 e. The molecule has 0 radical (unpaired) electrons. The van der Waals surface area contributed by atoms with Crippen LogP contribution >= 0.6 is 0 Å². The number of hydrogen-bond donors (Lipinski definition) is 1. The fourth-order valence-corrected chi connectivity index (χ4v) is 1.99. The van der Waals surface area contributed by atoms with Gasteiger partial charge in [0.2, 0.25) is 0 Å². The summed E-state index contributed by atoms with van der Waals surface area (Å²) in [7, 11) is 0. The number of aliphatic hydroxyl groups is 1. The molecule has 2 heteroatoms. The van der Waals surface area contributed by atoms with Gasteiger partial charge in [0.1, 0.15) is 5.60 Å². The van der Waals surface area contributed by atoms with Crippen LogP contribution in [0.4, 0.5) is 0 Å². The van der Waals surface area contributed by atoms with Crippen molar-refractivity contribution in [1.82, 2.24) is 0 Å². The van der Waals surface area contributed by atoms with E-state index in [1.807, 2.05) is 0 Å². The highest BCUT2D eigenvalue weighted by Crippen LogP contribution is 2.42. The molecule has 2 nitrogen and oxygen atoms in total. The van der Waals surface area contributed by atoms with Crippen molar-refractivity contribution < 1.29 is 9.84 Å². The minimum Gasteiger partial charge on any atom is -0.393 e. The summed E-state index contributed by atoms with van der Waals surface area (Å²) in [6.07, 6.45) is 7.46. The van der Waals surface area contributed by atoms with E-state index in [1.165, 1.54) is 25.7 Å². The number of hydrogen-bond acceptors (Lipinski definition) is 2. The highest BCUT2D eigenvalue weighted by atomic mass is 16.6. The second kappa shape index (κ2) is 4.97. The van der Waals surface area contributed by atoms with Crippen molar-refractivity contribution in [2.75, 3.05) is 6.61 Å². The van der Waals surface area contributed by atoms with Crippen LogP contribution in [-0.2, 0) is 4.74 Å². The molecule has 78 valence electrons. The maximum atomic E-state index is 9.19. The van der Waals surface area contributed by atoms with Gasteiger partial charge in [0, 0.05) is 0 Å². The predicted octanol–water partition coefficient (Wildman–Crippen LogP) is 2.50. The van der Waals surface area contributed by atoms with Crippen LogP contribution in [0.5, 0.6) is 0 Å². The van der Waals surface area contributed by atoms with Crippen LogP contribution in [0, 0.1) is 0 Å². The van der Waals surface area contributed by atoms with Gasteiger partial charge >= 0.3 is 0 Å². The monoisotopic (exact) mass is 186 g/mol. The zero-order valence-electron chi connectivity index (χ0n) is 8.88. The van der Waals surface area contributed by atoms with Crippen LogP contribution in [0.1, 0.15) is 52.4 Å². The first-order valence-corrected chi connectivity index (χ1v) is 5.57. The van der Waals surface area contributed by atoms with Crippen LogP contribution in [0.3, 0.4) is 0 Å². The fraction of sp³-hybridized carbons (Fsp3) is 1.00. The van der Waals surface area contributed by atoms with Crippen molar-refractivity contribution in [3.63, 3.8) is 0 Å². The Morgan fingerprint density at radius 1 is 1.23 bits per heavy atom. The Morgan fingerprint density at radius 2 is 2.00 bits per heavy atom. The van der Waals surface area contributed by atoms with Crippen molar-refractivity contribution in [1.29, 1.82) is 0 Å². The molecular formula is C11H22O2. The molecule has 0 amide bonds. The van der Waals surface area contributed by atoms with E-state index in [2.05, 4.69) is 13.8 Å². The third-order valence-electron chi connectivity index (χ3n) is 3.00. The van der Waals surface area contributed by atoms with Crippen molar-refractivity contribution in [3.05, 3.63) is 0 Å². The SMILES string of the molecule is CCCCCC[C@]1(CO)OC1CC. The van der Waals surface area contributed by atoms with Gasteiger partial charge in [-0.05, 0) is 12.8 Å². The zero-order chi connectivity index (χ0) is 9.73. The largest absolute Gasteiger partial charge is 0.393 e. The van der Waals surface area contributed by atoms with Crippen LogP contribution in [0.2, 0.25) is 0 Å². The Kier molecular flexibility index (Phi) is 4.20. The quantitative estimate of drug-likeness (QED) is 0.489. The number of rotatable bonds is 7. The third-order valence-corrected chi connectivity index (χ3v) is 3.00. The van der Waals surface area contributed by atoms with Gasteiger partial charge < -0.3 is 9.84 Å². The van der Waals surface area contributed by atoms with Gasteiger partial charge in [-0.3, -0.25) is 0 Å². The van der Waals surface area contributed by atoms with Gasteiger partial charge in [-0.25, -0.2) is 0 Å². The summed E-state index contributed by atoms with van der Waals surface area (Å²) < 4.78 is 5.53. The lowest BCUT2D eigenvalue weighted by atomic mass is 9.97. The molecule has 0 spiro atoms. The summed E-state index contributed by atoms with van der Waals surface area (Å²) in [6, 6.07) is 0. The fourth-order valence-electron chi connectivity index (χ4n) is 1.99. The molecule has 0 aromatic rings. The normalized spacial score (nSPS) is 32.1. The first kappa shape index (κ1) is 11.0. The summed E-state index contributed by atoms with van der Waals surface area (Å²) in [5, 5.41) is 9.19. The van der Waals surface area contributed by atoms with Crippen LogP contribution < -0.4 is 0 Å². The minimum atomic E-state index is -0.136. The molecular weight excluding hydrogens is 164 g/mol. The van der Waals surface area contributed by atoms with E-state index < -0.39 is 0 Å². The molecule has 0 aromatic carbocycles. The molecule has 2 atom stereocenters. The van der Waals surface area contributed by atoms with Crippen molar-refractivity contribution in [2.45, 2.75) is 64.1 Å². The zero-order valence-corrected chi connectivity index (χ0v) is 8.88. The first-order valence-electron chi connectivity index (χ1n) is 5.57. The highest BCUT2D eigenvalue weighted by Gasteiger charge is 2.53. The molecule has 0 aliphatic carbocycles. The van der Waals surface area contributed by atoms with Crippen LogP contribution in [0.25, 0.3) is 0 Å². The summed E-state index contributed by atoms with van der Waals surface area (Å²) in [5.74, 6) is 0. The highest BCUT2D eigenvalue weighted by molar-refractivity contribution is 5.01. The Hall–Kier alpha value is -0.0800. The second-order valence-electron chi connectivity index (χ2n) is 4.05. The molecule has 1 N–H and O–H groups in total. The van der Waals surface area contributed by atoms with E-state index in [0.29, 0.717) is 6.10 Å². The van der Waals surface area contributed by atoms with E-state index >= 15 is 0 Å². The lowest BCUT2D eigenvalue weighted by molar-refractivity contribution is 0.161. The molecule has 1 saturated heterocycles. The minimum absolute atomic E-state index is 0.136. The predicted molar refractivity (Wildman–Crippen MR) is 53.7 cm³/mol. The Bertz CT molecular complexity index is 147. The first-order chi connectivity index (χ1) is 6.29. The molecule has 1 heterocycles. The molecule has 0 aromatic heterocycles. The second-order valence-corrected chi connectivity index (χ2v) is 4.05. The summed E-state index contributed by atoms with van der Waals surface area (Å²) >= 11 is 0. The van der Waals surface area contributed by atoms with Crippen molar-refractivity contribution in [3.8, 4) is 0 Å². The number of ether oxygens (including phenoxy) is 1. The molecule has 1 aliphatic heterocycles. The standard InChI is InChI=1S/C11H22O2/c1-3-5-6-7-8-11(9-12)10(4-2)13-11/h10,12H,3-9H2,1-2H3/t10?,11-/m1/s1. The summed E-state index contributed by atoms with van der Waals surface area (Å²) in [5.41, 5.74) is -0.136. The number of epoxide rings is 1. The van der Waals surface area contributed by atoms with Crippen molar-refractivity contribution in [2.24, 2.45) is 0 Å².